The summed E-state index contributed by atoms with van der Waals surface area (Å²) in [7, 11) is 0. The Morgan fingerprint density at radius 1 is 0.344 bits per heavy atom. The first-order valence-electron chi connectivity index (χ1n) is 20.6. The zero-order valence-electron chi connectivity index (χ0n) is 33.2. The number of pyridine rings is 1. The Morgan fingerprint density at radius 3 is 1.44 bits per heavy atom. The molecule has 11 aromatic rings. The Hall–Kier alpha value is -8.32. The fourth-order valence-electron chi connectivity index (χ4n) is 9.13. The van der Waals surface area contributed by atoms with Gasteiger partial charge in [-0.1, -0.05) is 146 Å². The number of nitriles is 1. The highest BCUT2D eigenvalue weighted by Crippen LogP contribution is 2.48. The number of rotatable bonds is 7. The smallest absolute Gasteiger partial charge is 0.0991 e. The van der Waals surface area contributed by atoms with E-state index in [9.17, 15) is 5.26 Å². The standard InChI is InChI=1S/C58H37N3/c59-38-39-22-27-46(28-23-39)61(48-15-7-14-44(36-48)41-32-34-60-35-33-41)47-29-24-40(25-30-47)45-26-31-55-56(37-45)58(52-21-9-13-43-11-2-4-17-50(43)52)54-19-6-5-18-53(54)57(55)51-20-8-12-42-10-1-3-16-49(42)51/h1-37H. The fourth-order valence-corrected chi connectivity index (χ4v) is 9.13. The molecular weight excluding hydrogens is 739 g/mol. The second-order valence-electron chi connectivity index (χ2n) is 15.4. The maximum absolute atomic E-state index is 9.60. The van der Waals surface area contributed by atoms with Crippen molar-refractivity contribution in [3.05, 3.63) is 230 Å². The first-order valence-corrected chi connectivity index (χ1v) is 20.6. The van der Waals surface area contributed by atoms with Crippen LogP contribution < -0.4 is 4.90 Å². The average Bonchev–Trinajstić information content (AvgIpc) is 3.34. The molecule has 0 atom stereocenters. The molecule has 0 fully saturated rings. The molecule has 11 rings (SSSR count). The molecule has 0 amide bonds. The van der Waals surface area contributed by atoms with Crippen molar-refractivity contribution in [2.75, 3.05) is 4.90 Å². The number of benzene rings is 10. The summed E-state index contributed by atoms with van der Waals surface area (Å²) >= 11 is 0. The molecule has 0 radical (unpaired) electrons. The Kier molecular flexibility index (Phi) is 8.88. The molecule has 61 heavy (non-hydrogen) atoms. The fraction of sp³-hybridized carbons (Fsp3) is 0. The number of aromatic nitrogens is 1. The average molecular weight is 776 g/mol. The van der Waals surface area contributed by atoms with Crippen molar-refractivity contribution in [2.24, 2.45) is 0 Å². The van der Waals surface area contributed by atoms with Crippen LogP contribution in [-0.4, -0.2) is 4.98 Å². The van der Waals surface area contributed by atoms with Crippen molar-refractivity contribution < 1.29 is 0 Å². The lowest BCUT2D eigenvalue weighted by Gasteiger charge is -2.26. The van der Waals surface area contributed by atoms with Crippen LogP contribution in [0.3, 0.4) is 0 Å². The molecule has 1 aromatic heterocycles. The van der Waals surface area contributed by atoms with Gasteiger partial charge in [0.25, 0.3) is 0 Å². The minimum atomic E-state index is 0.625. The lowest BCUT2D eigenvalue weighted by molar-refractivity contribution is 1.28. The van der Waals surface area contributed by atoms with Gasteiger partial charge in [-0.05, 0) is 154 Å². The van der Waals surface area contributed by atoms with Crippen molar-refractivity contribution in [1.29, 1.82) is 5.26 Å². The lowest BCUT2D eigenvalue weighted by atomic mass is 9.83. The van der Waals surface area contributed by atoms with Gasteiger partial charge < -0.3 is 4.90 Å². The van der Waals surface area contributed by atoms with E-state index in [-0.39, 0.29) is 0 Å². The van der Waals surface area contributed by atoms with Gasteiger partial charge in [-0.3, -0.25) is 4.98 Å². The third kappa shape index (κ3) is 6.35. The van der Waals surface area contributed by atoms with Gasteiger partial charge in [0.1, 0.15) is 0 Å². The van der Waals surface area contributed by atoms with Crippen LogP contribution >= 0.6 is 0 Å². The largest absolute Gasteiger partial charge is 0.310 e. The molecule has 0 unspecified atom stereocenters. The summed E-state index contributed by atoms with van der Waals surface area (Å²) in [5.74, 6) is 0. The van der Waals surface area contributed by atoms with Crippen molar-refractivity contribution in [1.82, 2.24) is 4.98 Å². The summed E-state index contributed by atoms with van der Waals surface area (Å²) < 4.78 is 0. The van der Waals surface area contributed by atoms with E-state index in [4.69, 9.17) is 0 Å². The van der Waals surface area contributed by atoms with E-state index in [0.717, 1.165) is 39.3 Å². The molecule has 3 heteroatoms. The van der Waals surface area contributed by atoms with Crippen LogP contribution in [0.15, 0.2) is 225 Å². The topological polar surface area (TPSA) is 39.9 Å². The highest BCUT2D eigenvalue weighted by atomic mass is 15.1. The van der Waals surface area contributed by atoms with E-state index in [0.29, 0.717) is 5.56 Å². The summed E-state index contributed by atoms with van der Waals surface area (Å²) in [4.78, 5) is 6.47. The molecule has 3 nitrogen and oxygen atoms in total. The van der Waals surface area contributed by atoms with E-state index in [1.165, 1.54) is 65.3 Å². The molecule has 0 saturated heterocycles. The highest BCUT2D eigenvalue weighted by Gasteiger charge is 2.20. The summed E-state index contributed by atoms with van der Waals surface area (Å²) in [6.07, 6.45) is 3.65. The minimum Gasteiger partial charge on any atom is -0.310 e. The molecule has 0 N–H and O–H groups in total. The molecule has 0 saturated carbocycles. The maximum Gasteiger partial charge on any atom is 0.0991 e. The number of hydrogen-bond acceptors (Lipinski definition) is 3. The van der Waals surface area contributed by atoms with Crippen molar-refractivity contribution in [3.63, 3.8) is 0 Å². The number of hydrogen-bond donors (Lipinski definition) is 0. The molecule has 284 valence electrons. The van der Waals surface area contributed by atoms with Crippen LogP contribution in [0.1, 0.15) is 5.56 Å². The van der Waals surface area contributed by atoms with E-state index in [1.54, 1.807) is 0 Å². The molecule has 0 aliphatic carbocycles. The molecule has 0 spiro atoms. The molecule has 0 bridgehead atoms. The molecule has 1 heterocycles. The van der Waals surface area contributed by atoms with Gasteiger partial charge in [0.2, 0.25) is 0 Å². The summed E-state index contributed by atoms with van der Waals surface area (Å²) in [5.41, 5.74) is 13.0. The highest BCUT2D eigenvalue weighted by molar-refractivity contribution is 6.25. The Labute approximate surface area is 354 Å². The monoisotopic (exact) mass is 775 g/mol. The van der Waals surface area contributed by atoms with E-state index < -0.39 is 0 Å². The van der Waals surface area contributed by atoms with Gasteiger partial charge in [-0.2, -0.15) is 5.26 Å². The van der Waals surface area contributed by atoms with E-state index >= 15 is 0 Å². The van der Waals surface area contributed by atoms with Gasteiger partial charge in [0.05, 0.1) is 11.6 Å². The number of nitrogens with zero attached hydrogens (tertiary/aromatic N) is 3. The van der Waals surface area contributed by atoms with E-state index in [1.807, 2.05) is 48.8 Å². The van der Waals surface area contributed by atoms with Gasteiger partial charge >= 0.3 is 0 Å². The lowest BCUT2D eigenvalue weighted by Crippen LogP contribution is -2.10. The number of fused-ring (bicyclic) bond motifs is 4. The van der Waals surface area contributed by atoms with Crippen molar-refractivity contribution in [3.8, 4) is 50.6 Å². The van der Waals surface area contributed by atoms with Gasteiger partial charge in [0.15, 0.2) is 0 Å². The van der Waals surface area contributed by atoms with Crippen LogP contribution in [0, 0.1) is 11.3 Å². The third-order valence-electron chi connectivity index (χ3n) is 12.0. The zero-order chi connectivity index (χ0) is 40.7. The summed E-state index contributed by atoms with van der Waals surface area (Å²) in [6, 6.07) is 78.2. The normalized spacial score (nSPS) is 11.3. The Bertz CT molecular complexity index is 3460. The van der Waals surface area contributed by atoms with Crippen LogP contribution in [0.5, 0.6) is 0 Å². The summed E-state index contributed by atoms with van der Waals surface area (Å²) in [5, 5.41) is 19.4. The minimum absolute atomic E-state index is 0.625. The van der Waals surface area contributed by atoms with Gasteiger partial charge in [-0.15, -0.1) is 0 Å². The first kappa shape index (κ1) is 35.8. The first-order chi connectivity index (χ1) is 30.2. The van der Waals surface area contributed by atoms with Gasteiger partial charge in [0, 0.05) is 29.5 Å². The van der Waals surface area contributed by atoms with Crippen molar-refractivity contribution >= 4 is 60.2 Å². The van der Waals surface area contributed by atoms with Crippen LogP contribution in [-0.2, 0) is 0 Å². The molecule has 10 aromatic carbocycles. The Balaban J connectivity index is 1.11. The second kappa shape index (κ2) is 15.1. The molecular formula is C58H37N3. The SMILES string of the molecule is N#Cc1ccc(N(c2ccc(-c3ccc4c(-c5cccc6ccccc56)c5ccccc5c(-c5cccc6ccccc56)c4c3)cc2)c2cccc(-c3ccncc3)c2)cc1. The number of anilines is 3. The third-order valence-corrected chi connectivity index (χ3v) is 12.0. The molecule has 0 aliphatic heterocycles. The van der Waals surface area contributed by atoms with Gasteiger partial charge in [-0.25, -0.2) is 0 Å². The Morgan fingerprint density at radius 2 is 0.820 bits per heavy atom. The van der Waals surface area contributed by atoms with Crippen LogP contribution in [0.4, 0.5) is 17.1 Å². The quantitative estimate of drug-likeness (QED) is 0.151. The van der Waals surface area contributed by atoms with Crippen LogP contribution in [0.25, 0.3) is 87.6 Å². The predicted molar refractivity (Wildman–Crippen MR) is 255 cm³/mol. The zero-order valence-corrected chi connectivity index (χ0v) is 33.2. The maximum atomic E-state index is 9.60. The second-order valence-corrected chi connectivity index (χ2v) is 15.4. The van der Waals surface area contributed by atoms with Crippen molar-refractivity contribution in [2.45, 2.75) is 0 Å². The van der Waals surface area contributed by atoms with Crippen LogP contribution in [0.2, 0.25) is 0 Å². The molecule has 0 aliphatic rings. The predicted octanol–water partition coefficient (Wildman–Crippen LogP) is 15.7. The van der Waals surface area contributed by atoms with E-state index in [2.05, 4.69) is 192 Å². The summed E-state index contributed by atoms with van der Waals surface area (Å²) in [6.45, 7) is 0.